The second kappa shape index (κ2) is 5.86. The number of hydrogen-bond donors (Lipinski definition) is 1. The Kier molecular flexibility index (Phi) is 4.15. The van der Waals surface area contributed by atoms with Crippen molar-refractivity contribution in [3.05, 3.63) is 12.2 Å². The lowest BCUT2D eigenvalue weighted by atomic mass is 10.1. The summed E-state index contributed by atoms with van der Waals surface area (Å²) in [6, 6.07) is -0.818. The highest BCUT2D eigenvalue weighted by molar-refractivity contribution is 6.13. The molecule has 112 valence electrons. The predicted molar refractivity (Wildman–Crippen MR) is 67.6 cm³/mol. The van der Waals surface area contributed by atoms with Crippen LogP contribution in [0, 0.1) is 0 Å². The Hall–Kier alpha value is -2.51. The van der Waals surface area contributed by atoms with Crippen molar-refractivity contribution in [3.8, 4) is 0 Å². The van der Waals surface area contributed by atoms with Crippen LogP contribution in [0.3, 0.4) is 0 Å². The summed E-state index contributed by atoms with van der Waals surface area (Å²) in [6.45, 7) is -0.149. The van der Waals surface area contributed by atoms with Crippen molar-refractivity contribution in [2.24, 2.45) is 0 Å². The lowest BCUT2D eigenvalue weighted by Crippen LogP contribution is -2.48. The fourth-order valence-electron chi connectivity index (χ4n) is 2.40. The highest BCUT2D eigenvalue weighted by atomic mass is 16.4. The van der Waals surface area contributed by atoms with Gasteiger partial charge in [-0.25, -0.2) is 0 Å². The molecule has 2 rings (SSSR count). The Morgan fingerprint density at radius 1 is 1.10 bits per heavy atom. The summed E-state index contributed by atoms with van der Waals surface area (Å²) in [5.74, 6) is -2.94. The van der Waals surface area contributed by atoms with Gasteiger partial charge in [0.2, 0.25) is 11.8 Å². The Morgan fingerprint density at radius 2 is 1.62 bits per heavy atom. The fraction of sp³-hybridized carbons (Fsp3) is 0.462. The van der Waals surface area contributed by atoms with Gasteiger partial charge in [-0.15, -0.1) is 0 Å². The van der Waals surface area contributed by atoms with Crippen LogP contribution < -0.4 is 0 Å². The SMILES string of the molecule is O=C(O)CCC(CN1C(=O)CCC1=O)N1C(=O)C=CC1=O. The number of aliphatic carboxylic acids is 1. The number of hydrogen-bond acceptors (Lipinski definition) is 5. The number of rotatable bonds is 6. The largest absolute Gasteiger partial charge is 0.481 e. The highest BCUT2D eigenvalue weighted by Gasteiger charge is 2.37. The molecule has 4 amide bonds. The molecular weight excluding hydrogens is 280 g/mol. The molecular formula is C13H14N2O6. The normalized spacial score (nSPS) is 19.8. The van der Waals surface area contributed by atoms with E-state index in [4.69, 9.17) is 5.11 Å². The van der Waals surface area contributed by atoms with Crippen molar-refractivity contribution in [2.45, 2.75) is 31.7 Å². The van der Waals surface area contributed by atoms with Crippen LogP contribution in [-0.2, 0) is 24.0 Å². The Balaban J connectivity index is 2.14. The highest BCUT2D eigenvalue weighted by Crippen LogP contribution is 2.19. The van der Waals surface area contributed by atoms with E-state index >= 15 is 0 Å². The molecule has 0 saturated carbocycles. The number of imide groups is 2. The molecule has 1 N–H and O–H groups in total. The van der Waals surface area contributed by atoms with E-state index < -0.39 is 23.8 Å². The summed E-state index contributed by atoms with van der Waals surface area (Å²) in [4.78, 5) is 59.2. The standard InChI is InChI=1S/C13H14N2O6/c16-9-2-3-10(17)14(9)7-8(1-6-13(20)21)15-11(18)4-5-12(15)19/h4-5,8H,1-3,6-7H2,(H,20,21). The molecule has 2 aliphatic rings. The second-order valence-corrected chi connectivity index (χ2v) is 4.86. The maximum Gasteiger partial charge on any atom is 0.303 e. The minimum atomic E-state index is -1.08. The Morgan fingerprint density at radius 3 is 2.10 bits per heavy atom. The third kappa shape index (κ3) is 3.15. The van der Waals surface area contributed by atoms with E-state index in [9.17, 15) is 24.0 Å². The zero-order valence-electron chi connectivity index (χ0n) is 11.2. The van der Waals surface area contributed by atoms with Gasteiger partial charge in [0.25, 0.3) is 11.8 Å². The number of amides is 4. The number of likely N-dealkylation sites (tertiary alicyclic amines) is 1. The van der Waals surface area contributed by atoms with Crippen molar-refractivity contribution in [1.29, 1.82) is 0 Å². The molecule has 0 bridgehead atoms. The molecule has 1 atom stereocenters. The van der Waals surface area contributed by atoms with E-state index in [0.29, 0.717) is 0 Å². The van der Waals surface area contributed by atoms with Crippen LogP contribution in [0.25, 0.3) is 0 Å². The van der Waals surface area contributed by atoms with Gasteiger partial charge in [-0.05, 0) is 6.42 Å². The van der Waals surface area contributed by atoms with Gasteiger partial charge in [0.05, 0.1) is 6.04 Å². The van der Waals surface area contributed by atoms with Gasteiger partial charge < -0.3 is 5.11 Å². The summed E-state index contributed by atoms with van der Waals surface area (Å²) < 4.78 is 0. The monoisotopic (exact) mass is 294 g/mol. The molecule has 2 aliphatic heterocycles. The number of carbonyl (C=O) groups is 5. The molecule has 8 nitrogen and oxygen atoms in total. The van der Waals surface area contributed by atoms with E-state index in [1.54, 1.807) is 0 Å². The third-order valence-corrected chi connectivity index (χ3v) is 3.45. The van der Waals surface area contributed by atoms with Crippen molar-refractivity contribution < 1.29 is 29.1 Å². The summed E-state index contributed by atoms with van der Waals surface area (Å²) in [6.07, 6.45) is 2.10. The van der Waals surface area contributed by atoms with Gasteiger partial charge in [-0.3, -0.25) is 33.8 Å². The van der Waals surface area contributed by atoms with E-state index in [0.717, 1.165) is 22.0 Å². The first kappa shape index (κ1) is 14.9. The molecule has 0 aromatic heterocycles. The van der Waals surface area contributed by atoms with Gasteiger partial charge in [0.1, 0.15) is 0 Å². The number of nitrogens with zero attached hydrogens (tertiary/aromatic N) is 2. The lowest BCUT2D eigenvalue weighted by molar-refractivity contribution is -0.146. The molecule has 0 aromatic carbocycles. The summed E-state index contributed by atoms with van der Waals surface area (Å²) >= 11 is 0. The molecule has 8 heteroatoms. The van der Waals surface area contributed by atoms with Gasteiger partial charge in [-0.2, -0.15) is 0 Å². The molecule has 1 fully saturated rings. The Bertz CT molecular complexity index is 519. The molecule has 0 aromatic rings. The van der Waals surface area contributed by atoms with Crippen LogP contribution in [0.1, 0.15) is 25.7 Å². The van der Waals surface area contributed by atoms with E-state index in [1.165, 1.54) is 0 Å². The topological polar surface area (TPSA) is 112 Å². The first-order valence-electron chi connectivity index (χ1n) is 6.50. The number of carbonyl (C=O) groups excluding carboxylic acids is 4. The van der Waals surface area contributed by atoms with Crippen LogP contribution in [-0.4, -0.2) is 57.1 Å². The smallest absolute Gasteiger partial charge is 0.303 e. The summed E-state index contributed by atoms with van der Waals surface area (Å²) in [7, 11) is 0. The molecule has 0 radical (unpaired) electrons. The van der Waals surface area contributed by atoms with Crippen molar-refractivity contribution in [1.82, 2.24) is 9.80 Å². The second-order valence-electron chi connectivity index (χ2n) is 4.86. The van der Waals surface area contributed by atoms with Gasteiger partial charge in [-0.1, -0.05) is 0 Å². The maximum absolute atomic E-state index is 11.7. The number of carboxylic acid groups (broad SMARTS) is 1. The van der Waals surface area contributed by atoms with Crippen LogP contribution >= 0.6 is 0 Å². The van der Waals surface area contributed by atoms with Crippen molar-refractivity contribution in [2.75, 3.05) is 6.54 Å². The molecule has 0 spiro atoms. The zero-order chi connectivity index (χ0) is 15.6. The van der Waals surface area contributed by atoms with Gasteiger partial charge in [0, 0.05) is 38.0 Å². The first-order valence-corrected chi connectivity index (χ1v) is 6.50. The Labute approximate surface area is 120 Å². The van der Waals surface area contributed by atoms with Crippen molar-refractivity contribution >= 4 is 29.6 Å². The van der Waals surface area contributed by atoms with E-state index in [2.05, 4.69) is 0 Å². The molecule has 0 aliphatic carbocycles. The van der Waals surface area contributed by atoms with E-state index in [1.807, 2.05) is 0 Å². The summed E-state index contributed by atoms with van der Waals surface area (Å²) in [5, 5.41) is 8.75. The molecule has 1 unspecified atom stereocenters. The van der Waals surface area contributed by atoms with Gasteiger partial charge >= 0.3 is 5.97 Å². The minimum absolute atomic E-state index is 0.00838. The maximum atomic E-state index is 11.7. The van der Waals surface area contributed by atoms with Crippen molar-refractivity contribution in [3.63, 3.8) is 0 Å². The van der Waals surface area contributed by atoms with Crippen LogP contribution in [0.15, 0.2) is 12.2 Å². The predicted octanol–water partition coefficient (Wildman–Crippen LogP) is -0.706. The fourth-order valence-corrected chi connectivity index (χ4v) is 2.40. The average Bonchev–Trinajstić information content (AvgIpc) is 2.90. The lowest BCUT2D eigenvalue weighted by Gasteiger charge is -2.29. The molecule has 1 saturated heterocycles. The quantitative estimate of drug-likeness (QED) is 0.648. The van der Waals surface area contributed by atoms with Gasteiger partial charge in [0.15, 0.2) is 0 Å². The van der Waals surface area contributed by atoms with Crippen LogP contribution in [0.5, 0.6) is 0 Å². The minimum Gasteiger partial charge on any atom is -0.481 e. The molecule has 21 heavy (non-hydrogen) atoms. The molecule has 2 heterocycles. The van der Waals surface area contributed by atoms with Crippen LogP contribution in [0.4, 0.5) is 0 Å². The third-order valence-electron chi connectivity index (χ3n) is 3.45. The summed E-state index contributed by atoms with van der Waals surface area (Å²) in [5.41, 5.74) is 0. The van der Waals surface area contributed by atoms with Crippen LogP contribution in [0.2, 0.25) is 0 Å². The average molecular weight is 294 g/mol. The van der Waals surface area contributed by atoms with E-state index in [-0.39, 0.29) is 44.0 Å². The first-order chi connectivity index (χ1) is 9.90. The number of carboxylic acids is 1. The zero-order valence-corrected chi connectivity index (χ0v) is 11.2.